The quantitative estimate of drug-likeness (QED) is 0.0467. The minimum absolute atomic E-state index is 0.129. The van der Waals surface area contributed by atoms with Gasteiger partial charge in [0.2, 0.25) is 5.91 Å². The molecule has 2 rings (SSSR count). The number of nitrogens with one attached hydrogen (secondary N) is 1. The summed E-state index contributed by atoms with van der Waals surface area (Å²) in [6.45, 7) is 16.7. The second kappa shape index (κ2) is 24.8. The van der Waals surface area contributed by atoms with Crippen LogP contribution >= 0.6 is 22.9 Å². The number of ether oxygens (including phenoxy) is 2. The molecular formula is C41H62ClN5O4S. The zero-order valence-corrected chi connectivity index (χ0v) is 34.4. The van der Waals surface area contributed by atoms with Gasteiger partial charge in [0.1, 0.15) is 28.1 Å². The van der Waals surface area contributed by atoms with Crippen molar-refractivity contribution in [3.05, 3.63) is 33.7 Å². The van der Waals surface area contributed by atoms with Crippen LogP contribution in [0.25, 0.3) is 6.08 Å². The molecule has 1 aromatic carbocycles. The number of unbranched alkanes of at least 4 members (excludes halogenated alkanes) is 3. The van der Waals surface area contributed by atoms with Gasteiger partial charge in [-0.1, -0.05) is 111 Å². The molecule has 1 N–H and O–H groups in total. The van der Waals surface area contributed by atoms with E-state index in [1.165, 1.54) is 50.0 Å². The van der Waals surface area contributed by atoms with Gasteiger partial charge in [0.15, 0.2) is 0 Å². The summed E-state index contributed by atoms with van der Waals surface area (Å²) in [6, 6.07) is 7.37. The first-order valence-corrected chi connectivity index (χ1v) is 20.5. The van der Waals surface area contributed by atoms with Crippen LogP contribution in [0.3, 0.4) is 0 Å². The number of anilines is 2. The van der Waals surface area contributed by atoms with Gasteiger partial charge in [0, 0.05) is 31.0 Å². The van der Waals surface area contributed by atoms with Crippen LogP contribution in [0.2, 0.25) is 5.02 Å². The van der Waals surface area contributed by atoms with E-state index in [0.29, 0.717) is 43.9 Å². The summed E-state index contributed by atoms with van der Waals surface area (Å²) in [7, 11) is 1.65. The first kappa shape index (κ1) is 44.7. The molecule has 1 heterocycles. The number of benzene rings is 1. The Kier molecular flexibility index (Phi) is 21.3. The zero-order chi connectivity index (χ0) is 38.5. The molecule has 0 bridgehead atoms. The lowest BCUT2D eigenvalue weighted by Gasteiger charge is -2.34. The summed E-state index contributed by atoms with van der Waals surface area (Å²) in [5.74, 6) is 1.09. The number of azo groups is 1. The highest BCUT2D eigenvalue weighted by Crippen LogP contribution is 2.42. The van der Waals surface area contributed by atoms with Crippen LogP contribution in [0.1, 0.15) is 130 Å². The number of hydrogen-bond acceptors (Lipinski definition) is 9. The first-order valence-electron chi connectivity index (χ1n) is 19.3. The van der Waals surface area contributed by atoms with Gasteiger partial charge in [0.05, 0.1) is 30.1 Å². The van der Waals surface area contributed by atoms with Gasteiger partial charge in [-0.2, -0.15) is 5.26 Å². The minimum atomic E-state index is -0.669. The second-order valence-electron chi connectivity index (χ2n) is 13.6. The smallest absolute Gasteiger partial charge is 0.348 e. The number of carbonyl (C=O) groups is 2. The molecule has 0 fully saturated rings. The van der Waals surface area contributed by atoms with Crippen LogP contribution in [-0.2, 0) is 14.3 Å². The Hall–Kier alpha value is -3.42. The maximum absolute atomic E-state index is 12.8. The van der Waals surface area contributed by atoms with E-state index in [0.717, 1.165) is 70.1 Å². The van der Waals surface area contributed by atoms with E-state index >= 15 is 0 Å². The SMILES string of the molecule is CCCCC(CC)COC(=O)/C(C#N)=C/c1sc(N=Nc2cc(OC)c(N(CC(CC)CCCC)CC(CC)CCCC)cc2NC(C)=O)cc1Cl. The minimum Gasteiger partial charge on any atom is -0.494 e. The molecule has 11 heteroatoms. The molecule has 52 heavy (non-hydrogen) atoms. The Balaban J connectivity index is 2.48. The molecule has 9 nitrogen and oxygen atoms in total. The van der Waals surface area contributed by atoms with Crippen LogP contribution in [0.15, 0.2) is 34.0 Å². The van der Waals surface area contributed by atoms with Gasteiger partial charge in [-0.25, -0.2) is 4.79 Å². The number of carbonyl (C=O) groups excluding carboxylic acids is 2. The zero-order valence-electron chi connectivity index (χ0n) is 32.9. The molecule has 3 atom stereocenters. The van der Waals surface area contributed by atoms with Crippen molar-refractivity contribution in [1.82, 2.24) is 0 Å². The van der Waals surface area contributed by atoms with Crippen LogP contribution in [0, 0.1) is 29.1 Å². The number of hydrogen-bond donors (Lipinski definition) is 1. The average Bonchev–Trinajstić information content (AvgIpc) is 3.50. The molecule has 0 aliphatic rings. The lowest BCUT2D eigenvalue weighted by Crippen LogP contribution is -2.34. The maximum atomic E-state index is 12.8. The molecular weight excluding hydrogens is 694 g/mol. The highest BCUT2D eigenvalue weighted by molar-refractivity contribution is 7.17. The summed E-state index contributed by atoms with van der Waals surface area (Å²) in [4.78, 5) is 28.1. The van der Waals surface area contributed by atoms with Crippen molar-refractivity contribution in [1.29, 1.82) is 5.26 Å². The number of thiophene rings is 1. The number of halogens is 1. The monoisotopic (exact) mass is 755 g/mol. The summed E-state index contributed by atoms with van der Waals surface area (Å²) in [6.07, 6.45) is 14.7. The van der Waals surface area contributed by atoms with Crippen LogP contribution < -0.4 is 15.0 Å². The lowest BCUT2D eigenvalue weighted by atomic mass is 9.95. The van der Waals surface area contributed by atoms with Crippen molar-refractivity contribution in [2.24, 2.45) is 28.0 Å². The third kappa shape index (κ3) is 14.9. The average molecular weight is 756 g/mol. The Labute approximate surface area is 322 Å². The summed E-state index contributed by atoms with van der Waals surface area (Å²) in [5.41, 5.74) is 1.76. The molecule has 0 spiro atoms. The van der Waals surface area contributed by atoms with Crippen molar-refractivity contribution in [2.45, 2.75) is 126 Å². The fraction of sp³-hybridized carbons (Fsp3) is 0.634. The van der Waals surface area contributed by atoms with E-state index < -0.39 is 5.97 Å². The van der Waals surface area contributed by atoms with Gasteiger partial charge in [0.25, 0.3) is 0 Å². The van der Waals surface area contributed by atoms with Crippen LogP contribution in [-0.4, -0.2) is 38.7 Å². The standard InChI is InChI=1S/C41H62ClN5O4S/c1-9-15-18-30(12-4)26-47(27-31(13-5)19-16-10-2)37-23-35(44-29(7)48)36(24-38(37)50-8)45-46-40-22-34(42)39(52-40)21-33(25-43)41(49)51-28-32(14-6)20-17-11-3/h21-24,30-32H,9-20,26-28H2,1-8H3,(H,44,48)/b33-21+,46-45?. The van der Waals surface area contributed by atoms with E-state index in [1.807, 2.05) is 18.2 Å². The third-order valence-electron chi connectivity index (χ3n) is 9.56. The summed E-state index contributed by atoms with van der Waals surface area (Å²) < 4.78 is 11.5. The van der Waals surface area contributed by atoms with Crippen molar-refractivity contribution >= 4 is 63.0 Å². The predicted molar refractivity (Wildman–Crippen MR) is 217 cm³/mol. The van der Waals surface area contributed by atoms with Crippen molar-refractivity contribution in [2.75, 3.05) is 37.0 Å². The van der Waals surface area contributed by atoms with Crippen molar-refractivity contribution in [3.63, 3.8) is 0 Å². The molecule has 1 amide bonds. The topological polar surface area (TPSA) is 116 Å². The maximum Gasteiger partial charge on any atom is 0.348 e. The van der Waals surface area contributed by atoms with E-state index in [1.54, 1.807) is 13.2 Å². The van der Waals surface area contributed by atoms with Gasteiger partial charge in [-0.05, 0) is 55.2 Å². The van der Waals surface area contributed by atoms with Gasteiger partial charge in [-0.15, -0.1) is 21.6 Å². The fourth-order valence-corrected chi connectivity index (χ4v) is 7.28. The van der Waals surface area contributed by atoms with Gasteiger partial charge in [-0.3, -0.25) is 4.79 Å². The van der Waals surface area contributed by atoms with E-state index in [4.69, 9.17) is 21.1 Å². The molecule has 2 aromatic rings. The van der Waals surface area contributed by atoms with Crippen LogP contribution in [0.5, 0.6) is 5.75 Å². The van der Waals surface area contributed by atoms with Gasteiger partial charge >= 0.3 is 5.97 Å². The summed E-state index contributed by atoms with van der Waals surface area (Å²) >= 11 is 7.73. The molecule has 0 saturated heterocycles. The number of methoxy groups -OCH3 is 1. The number of nitriles is 1. The first-order chi connectivity index (χ1) is 25.1. The largest absolute Gasteiger partial charge is 0.494 e. The molecule has 0 saturated carbocycles. The molecule has 0 aliphatic heterocycles. The Morgan fingerprint density at radius 1 is 0.923 bits per heavy atom. The van der Waals surface area contributed by atoms with E-state index in [2.05, 4.69) is 62.0 Å². The molecule has 0 radical (unpaired) electrons. The van der Waals surface area contributed by atoms with E-state index in [-0.39, 0.29) is 24.0 Å². The van der Waals surface area contributed by atoms with Crippen LogP contribution in [0.4, 0.5) is 22.1 Å². The predicted octanol–water partition coefficient (Wildman–Crippen LogP) is 12.7. The Morgan fingerprint density at radius 3 is 2.00 bits per heavy atom. The number of rotatable bonds is 25. The second-order valence-corrected chi connectivity index (χ2v) is 15.1. The highest BCUT2D eigenvalue weighted by Gasteiger charge is 2.23. The number of nitrogens with zero attached hydrogens (tertiary/aromatic N) is 4. The van der Waals surface area contributed by atoms with E-state index in [9.17, 15) is 14.9 Å². The molecule has 1 aromatic heterocycles. The normalized spacial score (nSPS) is 13.4. The van der Waals surface area contributed by atoms with Gasteiger partial charge < -0.3 is 19.7 Å². The Morgan fingerprint density at radius 2 is 1.50 bits per heavy atom. The molecule has 288 valence electrons. The summed E-state index contributed by atoms with van der Waals surface area (Å²) in [5, 5.41) is 22.5. The Bertz CT molecular complexity index is 1480. The van der Waals surface area contributed by atoms with Crippen molar-refractivity contribution < 1.29 is 19.1 Å². The molecule has 3 unspecified atom stereocenters. The van der Waals surface area contributed by atoms with Crippen molar-refractivity contribution in [3.8, 4) is 11.8 Å². The number of esters is 1. The fourth-order valence-electron chi connectivity index (χ4n) is 6.13. The number of amides is 1. The highest BCUT2D eigenvalue weighted by atomic mass is 35.5. The molecule has 0 aliphatic carbocycles. The third-order valence-corrected chi connectivity index (χ3v) is 10.9. The lowest BCUT2D eigenvalue weighted by molar-refractivity contribution is -0.139.